The Labute approximate surface area is 233 Å². The molecule has 0 spiro atoms. The lowest BCUT2D eigenvalue weighted by atomic mass is 9.89. The van der Waals surface area contributed by atoms with E-state index in [1.165, 1.54) is 13.8 Å². The normalized spacial score (nSPS) is 44.8. The Morgan fingerprint density at radius 1 is 1.05 bits per heavy atom. The summed E-state index contributed by atoms with van der Waals surface area (Å²) in [6, 6.07) is -2.73. The molecule has 18 nitrogen and oxygen atoms in total. The van der Waals surface area contributed by atoms with Gasteiger partial charge in [0.1, 0.15) is 48.8 Å². The fourth-order valence-electron chi connectivity index (χ4n) is 5.08. The van der Waals surface area contributed by atoms with E-state index >= 15 is 0 Å². The van der Waals surface area contributed by atoms with Crippen molar-refractivity contribution in [2.45, 2.75) is 119 Å². The summed E-state index contributed by atoms with van der Waals surface area (Å²) in [5.41, 5.74) is 0. The summed E-state index contributed by atoms with van der Waals surface area (Å²) in [6.45, 7) is 3.17. The zero-order chi connectivity index (χ0) is 30.8. The number of hydrogen-bond acceptors (Lipinski definition) is 15. The van der Waals surface area contributed by atoms with Crippen molar-refractivity contribution in [3.05, 3.63) is 0 Å². The maximum atomic E-state index is 12.4. The van der Waals surface area contributed by atoms with Crippen LogP contribution in [0.3, 0.4) is 0 Å². The molecule has 0 aliphatic carbocycles. The van der Waals surface area contributed by atoms with Crippen molar-refractivity contribution < 1.29 is 78.9 Å². The van der Waals surface area contributed by atoms with E-state index in [2.05, 4.69) is 10.6 Å². The predicted octanol–water partition coefficient (Wildman–Crippen LogP) is -5.78. The van der Waals surface area contributed by atoms with Crippen LogP contribution in [0.4, 0.5) is 0 Å². The lowest BCUT2D eigenvalue weighted by molar-refractivity contribution is -0.370. The van der Waals surface area contributed by atoms with Crippen LogP contribution in [-0.2, 0) is 38.1 Å². The molecule has 0 radical (unpaired) electrons. The Morgan fingerprint density at radius 2 is 1.71 bits per heavy atom. The molecular formula is C23H38N2O16. The number of aliphatic carboxylic acids is 1. The molecule has 0 bridgehead atoms. The zero-order valence-corrected chi connectivity index (χ0v) is 22.4. The summed E-state index contributed by atoms with van der Waals surface area (Å²) in [5, 5.41) is 88.2. The van der Waals surface area contributed by atoms with Crippen LogP contribution in [0.15, 0.2) is 0 Å². The Hall–Kier alpha value is -2.07. The predicted molar refractivity (Wildman–Crippen MR) is 128 cm³/mol. The van der Waals surface area contributed by atoms with Crippen molar-refractivity contribution in [2.75, 3.05) is 6.61 Å². The molecule has 2 amide bonds. The van der Waals surface area contributed by atoms with Crippen LogP contribution in [0.2, 0.25) is 0 Å². The first-order chi connectivity index (χ1) is 19.1. The standard InChI is InChI=1S/C23H38N2O16/c1-7(27)12(24-6-26)19-15(32)10(29)4-23(41-19,22(35)36)40-17-11(30)5-37-21(16(17)33)39-18-13(25-9(3)28)20(34)38-8(2)14(18)31/h6-8,10-21,27,29-34H,4-5H2,1-3H3,(H,24,26)(H,25,28)(H,35,36)/t7-,8+,10-,11+,12-,13+,14-,15-,16+,17-,18+,19-,20+,21-,23-/m0/s1. The number of carbonyl (C=O) groups is 3. The Morgan fingerprint density at radius 3 is 2.27 bits per heavy atom. The third-order valence-electron chi connectivity index (χ3n) is 7.24. The maximum Gasteiger partial charge on any atom is 0.364 e. The molecule has 3 saturated heterocycles. The molecule has 0 saturated carbocycles. The van der Waals surface area contributed by atoms with E-state index in [0.717, 1.165) is 6.92 Å². The molecule has 3 aliphatic heterocycles. The van der Waals surface area contributed by atoms with Crippen LogP contribution in [0.5, 0.6) is 0 Å². The molecular weight excluding hydrogens is 560 g/mol. The van der Waals surface area contributed by atoms with Crippen LogP contribution in [0, 0.1) is 0 Å². The number of nitrogens with one attached hydrogen (secondary N) is 2. The van der Waals surface area contributed by atoms with E-state index in [-0.39, 0.29) is 6.41 Å². The van der Waals surface area contributed by atoms with Crippen molar-refractivity contribution in [1.29, 1.82) is 0 Å². The van der Waals surface area contributed by atoms with Crippen molar-refractivity contribution >= 4 is 18.3 Å². The van der Waals surface area contributed by atoms with Crippen molar-refractivity contribution in [1.82, 2.24) is 10.6 Å². The number of amides is 2. The molecule has 3 heterocycles. The maximum absolute atomic E-state index is 12.4. The lowest BCUT2D eigenvalue weighted by Gasteiger charge is -2.49. The molecule has 0 unspecified atom stereocenters. The first-order valence-electron chi connectivity index (χ1n) is 12.9. The number of rotatable bonds is 10. The number of carbonyl (C=O) groups excluding carboxylic acids is 2. The van der Waals surface area contributed by atoms with Crippen LogP contribution in [0.1, 0.15) is 27.2 Å². The molecule has 0 aromatic heterocycles. The minimum atomic E-state index is -2.82. The van der Waals surface area contributed by atoms with Crippen LogP contribution in [-0.4, -0.2) is 157 Å². The molecule has 41 heavy (non-hydrogen) atoms. The minimum absolute atomic E-state index is 0.169. The Balaban J connectivity index is 1.87. The quantitative estimate of drug-likeness (QED) is 0.105. The third kappa shape index (κ3) is 7.12. The number of carboxylic acids is 1. The van der Waals surface area contributed by atoms with Gasteiger partial charge in [-0.25, -0.2) is 4.79 Å². The average Bonchev–Trinajstić information content (AvgIpc) is 2.88. The van der Waals surface area contributed by atoms with Crippen LogP contribution < -0.4 is 10.6 Å². The average molecular weight is 599 g/mol. The highest BCUT2D eigenvalue weighted by Crippen LogP contribution is 2.37. The molecule has 10 N–H and O–H groups in total. The van der Waals surface area contributed by atoms with E-state index in [9.17, 15) is 55.2 Å². The highest BCUT2D eigenvalue weighted by molar-refractivity contribution is 5.76. The fraction of sp³-hybridized carbons (Fsp3) is 0.870. The highest BCUT2D eigenvalue weighted by Gasteiger charge is 2.58. The van der Waals surface area contributed by atoms with Crippen molar-refractivity contribution in [3.8, 4) is 0 Å². The Kier molecular flexibility index (Phi) is 11.0. The van der Waals surface area contributed by atoms with E-state index < -0.39 is 116 Å². The molecule has 3 rings (SSSR count). The van der Waals surface area contributed by atoms with Gasteiger partial charge in [0.25, 0.3) is 5.79 Å². The number of carboxylic acid groups (broad SMARTS) is 1. The van der Waals surface area contributed by atoms with Crippen molar-refractivity contribution in [3.63, 3.8) is 0 Å². The van der Waals surface area contributed by atoms with Gasteiger partial charge in [0.2, 0.25) is 12.3 Å². The second-order valence-corrected chi connectivity index (χ2v) is 10.3. The van der Waals surface area contributed by atoms with Gasteiger partial charge in [-0.1, -0.05) is 0 Å². The van der Waals surface area contributed by atoms with Gasteiger partial charge in [0.15, 0.2) is 12.6 Å². The van der Waals surface area contributed by atoms with Gasteiger partial charge in [0.05, 0.1) is 31.0 Å². The van der Waals surface area contributed by atoms with E-state index in [4.69, 9.17) is 23.7 Å². The summed E-state index contributed by atoms with van der Waals surface area (Å²) >= 11 is 0. The largest absolute Gasteiger partial charge is 0.477 e. The number of hydrogen-bond donors (Lipinski definition) is 10. The number of aliphatic hydroxyl groups excluding tert-OH is 7. The summed E-state index contributed by atoms with van der Waals surface area (Å²) in [4.78, 5) is 35.2. The highest BCUT2D eigenvalue weighted by atomic mass is 16.8. The van der Waals surface area contributed by atoms with E-state index in [1.807, 2.05) is 0 Å². The lowest BCUT2D eigenvalue weighted by Crippen LogP contribution is -2.69. The molecule has 236 valence electrons. The van der Waals surface area contributed by atoms with Gasteiger partial charge in [-0.05, 0) is 13.8 Å². The van der Waals surface area contributed by atoms with Crippen LogP contribution >= 0.6 is 0 Å². The summed E-state index contributed by atoms with van der Waals surface area (Å²) < 4.78 is 27.4. The Bertz CT molecular complexity index is 926. The molecule has 0 aromatic rings. The third-order valence-corrected chi connectivity index (χ3v) is 7.24. The summed E-state index contributed by atoms with van der Waals surface area (Å²) in [6.07, 6.45) is -20.2. The first kappa shape index (κ1) is 33.4. The van der Waals surface area contributed by atoms with E-state index in [1.54, 1.807) is 0 Å². The van der Waals surface area contributed by atoms with Crippen LogP contribution in [0.25, 0.3) is 0 Å². The topological polar surface area (TPSA) is 283 Å². The van der Waals surface area contributed by atoms with Gasteiger partial charge in [-0.2, -0.15) is 0 Å². The summed E-state index contributed by atoms with van der Waals surface area (Å²) in [5.74, 6) is -5.27. The molecule has 3 aliphatic rings. The number of aliphatic hydroxyl groups is 7. The monoisotopic (exact) mass is 598 g/mol. The molecule has 18 heteroatoms. The fourth-order valence-corrected chi connectivity index (χ4v) is 5.08. The SMILES string of the molecule is CC(=O)N[C@@H]1[C@@H](O[C@@H]2OC[C@@H](O)[C@H](O[C@@]3(C(=O)O)C[C@H](O)[C@H](O)[C@H]([C@@H](NC=O)[C@H](C)O)O3)[C@H]2O)[C@@H](O)[C@@H](C)O[C@H]1O. The van der Waals surface area contributed by atoms with E-state index in [0.29, 0.717) is 0 Å². The first-order valence-corrected chi connectivity index (χ1v) is 12.9. The van der Waals surface area contributed by atoms with Gasteiger partial charge in [-0.15, -0.1) is 0 Å². The minimum Gasteiger partial charge on any atom is -0.477 e. The van der Waals surface area contributed by atoms with Gasteiger partial charge < -0.3 is 75.2 Å². The second-order valence-electron chi connectivity index (χ2n) is 10.3. The summed E-state index contributed by atoms with van der Waals surface area (Å²) in [7, 11) is 0. The second kappa shape index (κ2) is 13.5. The van der Waals surface area contributed by atoms with Gasteiger partial charge >= 0.3 is 5.97 Å². The molecule has 0 aromatic carbocycles. The van der Waals surface area contributed by atoms with Crippen molar-refractivity contribution in [2.24, 2.45) is 0 Å². The van der Waals surface area contributed by atoms with Gasteiger partial charge in [0, 0.05) is 13.3 Å². The number of ether oxygens (including phenoxy) is 5. The smallest absolute Gasteiger partial charge is 0.364 e. The molecule has 3 fully saturated rings. The zero-order valence-electron chi connectivity index (χ0n) is 22.4. The molecule has 15 atom stereocenters. The van der Waals surface area contributed by atoms with Gasteiger partial charge in [-0.3, -0.25) is 9.59 Å².